The van der Waals surface area contributed by atoms with Crippen molar-refractivity contribution < 1.29 is 4.79 Å². The molecule has 0 bridgehead atoms. The van der Waals surface area contributed by atoms with Crippen LogP contribution in [0.4, 0.5) is 11.6 Å². The van der Waals surface area contributed by atoms with Gasteiger partial charge in [0.05, 0.1) is 17.2 Å². The average Bonchev–Trinajstić information content (AvgIpc) is 3.13. The molecule has 2 aromatic heterocycles. The molecule has 31 heavy (non-hydrogen) atoms. The molecule has 2 aliphatic heterocycles. The highest BCUT2D eigenvalue weighted by atomic mass is 16.2. The molecule has 2 fully saturated rings. The van der Waals surface area contributed by atoms with Gasteiger partial charge in [-0.1, -0.05) is 25.0 Å². The van der Waals surface area contributed by atoms with E-state index in [0.29, 0.717) is 18.8 Å². The van der Waals surface area contributed by atoms with Crippen molar-refractivity contribution in [1.29, 1.82) is 0 Å². The third kappa shape index (κ3) is 4.28. The van der Waals surface area contributed by atoms with Gasteiger partial charge in [-0.15, -0.1) is 10.2 Å². The Bertz CT molecular complexity index is 1040. The van der Waals surface area contributed by atoms with E-state index in [1.165, 1.54) is 25.7 Å². The molecule has 8 heteroatoms. The lowest BCUT2D eigenvalue weighted by Gasteiger charge is -2.35. The fourth-order valence-electron chi connectivity index (χ4n) is 4.32. The number of piperazine rings is 1. The molecule has 3 aromatic rings. The maximum Gasteiger partial charge on any atom is 0.274 e. The fraction of sp³-hybridized carbons (Fsp3) is 0.435. The van der Waals surface area contributed by atoms with Crippen molar-refractivity contribution in [2.24, 2.45) is 0 Å². The minimum absolute atomic E-state index is 0.0690. The van der Waals surface area contributed by atoms with Crippen LogP contribution in [0.5, 0.6) is 0 Å². The summed E-state index contributed by atoms with van der Waals surface area (Å²) in [4.78, 5) is 28.1. The van der Waals surface area contributed by atoms with Gasteiger partial charge in [-0.3, -0.25) is 9.78 Å². The van der Waals surface area contributed by atoms with Gasteiger partial charge in [0, 0.05) is 39.3 Å². The number of carbonyl (C=O) groups is 1. The number of hydrogen-bond donors (Lipinski definition) is 0. The first-order valence-corrected chi connectivity index (χ1v) is 11.1. The summed E-state index contributed by atoms with van der Waals surface area (Å²) in [6.07, 6.45) is 6.62. The summed E-state index contributed by atoms with van der Waals surface area (Å²) in [5.41, 5.74) is 1.94. The van der Waals surface area contributed by atoms with Crippen LogP contribution in [0.1, 0.15) is 36.2 Å². The van der Waals surface area contributed by atoms with Gasteiger partial charge < -0.3 is 14.7 Å². The summed E-state index contributed by atoms with van der Waals surface area (Å²) < 4.78 is 0. The number of benzene rings is 1. The van der Waals surface area contributed by atoms with E-state index >= 15 is 0 Å². The van der Waals surface area contributed by atoms with E-state index in [2.05, 4.69) is 42.1 Å². The Hall–Kier alpha value is -3.29. The second-order valence-corrected chi connectivity index (χ2v) is 8.17. The van der Waals surface area contributed by atoms with E-state index in [0.717, 1.165) is 48.8 Å². The largest absolute Gasteiger partial charge is 0.355 e. The van der Waals surface area contributed by atoms with Gasteiger partial charge >= 0.3 is 0 Å². The van der Waals surface area contributed by atoms with Crippen LogP contribution in [0.15, 0.2) is 42.6 Å². The minimum atomic E-state index is -0.0690. The normalized spacial score (nSPS) is 17.6. The molecule has 0 saturated carbocycles. The third-order valence-corrected chi connectivity index (χ3v) is 6.12. The number of hydrogen-bond acceptors (Lipinski definition) is 7. The first-order chi connectivity index (χ1) is 15.3. The van der Waals surface area contributed by atoms with Gasteiger partial charge in [0.1, 0.15) is 5.69 Å². The molecule has 5 rings (SSSR count). The Labute approximate surface area is 181 Å². The van der Waals surface area contributed by atoms with Crippen LogP contribution in [-0.2, 0) is 0 Å². The second kappa shape index (κ2) is 8.83. The Kier molecular flexibility index (Phi) is 5.60. The van der Waals surface area contributed by atoms with E-state index in [9.17, 15) is 4.79 Å². The zero-order valence-corrected chi connectivity index (χ0v) is 17.7. The highest BCUT2D eigenvalue weighted by Crippen LogP contribution is 2.20. The van der Waals surface area contributed by atoms with E-state index in [1.807, 2.05) is 29.2 Å². The van der Waals surface area contributed by atoms with Crippen molar-refractivity contribution in [2.45, 2.75) is 25.7 Å². The lowest BCUT2D eigenvalue weighted by molar-refractivity contribution is 0.0740. The Balaban J connectivity index is 1.21. The Morgan fingerprint density at radius 3 is 1.97 bits per heavy atom. The molecule has 2 aliphatic rings. The zero-order chi connectivity index (χ0) is 21.0. The topological polar surface area (TPSA) is 78.4 Å². The van der Waals surface area contributed by atoms with Crippen molar-refractivity contribution >= 4 is 28.6 Å². The van der Waals surface area contributed by atoms with Gasteiger partial charge in [0.25, 0.3) is 5.91 Å². The molecular formula is C23H27N7O. The summed E-state index contributed by atoms with van der Waals surface area (Å²) in [5.74, 6) is 1.77. The lowest BCUT2D eigenvalue weighted by Crippen LogP contribution is -2.49. The zero-order valence-electron chi connectivity index (χ0n) is 17.7. The van der Waals surface area contributed by atoms with Crippen LogP contribution in [0, 0.1) is 0 Å². The lowest BCUT2D eigenvalue weighted by atomic mass is 10.2. The quantitative estimate of drug-likeness (QED) is 0.648. The van der Waals surface area contributed by atoms with Gasteiger partial charge in [-0.2, -0.15) is 0 Å². The number of rotatable bonds is 3. The number of para-hydroxylation sites is 2. The molecule has 160 valence electrons. The summed E-state index contributed by atoms with van der Waals surface area (Å²) >= 11 is 0. The second-order valence-electron chi connectivity index (χ2n) is 8.17. The molecule has 1 aromatic carbocycles. The van der Waals surface area contributed by atoms with Crippen molar-refractivity contribution in [1.82, 2.24) is 25.1 Å². The SMILES string of the molecule is O=C(c1cnc2ccccc2n1)N1CCN(c2ccc(N3CCCCCC3)nn2)CC1. The third-order valence-electron chi connectivity index (χ3n) is 6.12. The molecular weight excluding hydrogens is 390 g/mol. The number of fused-ring (bicyclic) bond motifs is 1. The molecule has 0 aliphatic carbocycles. The van der Waals surface area contributed by atoms with Crippen LogP contribution < -0.4 is 9.80 Å². The number of nitrogens with zero attached hydrogens (tertiary/aromatic N) is 7. The predicted molar refractivity (Wildman–Crippen MR) is 120 cm³/mol. The number of carbonyl (C=O) groups excluding carboxylic acids is 1. The molecule has 0 atom stereocenters. The number of amides is 1. The van der Waals surface area contributed by atoms with Gasteiger partial charge in [-0.25, -0.2) is 4.98 Å². The number of aromatic nitrogens is 4. The Morgan fingerprint density at radius 2 is 1.32 bits per heavy atom. The monoisotopic (exact) mass is 417 g/mol. The highest BCUT2D eigenvalue weighted by molar-refractivity contribution is 5.94. The minimum Gasteiger partial charge on any atom is -0.355 e. The van der Waals surface area contributed by atoms with Gasteiger partial charge in [0.15, 0.2) is 11.6 Å². The van der Waals surface area contributed by atoms with Crippen LogP contribution in [0.3, 0.4) is 0 Å². The molecule has 1 amide bonds. The molecule has 0 radical (unpaired) electrons. The van der Waals surface area contributed by atoms with Gasteiger partial charge in [0.2, 0.25) is 0 Å². The summed E-state index contributed by atoms with van der Waals surface area (Å²) in [6, 6.07) is 11.7. The smallest absolute Gasteiger partial charge is 0.274 e. The van der Waals surface area contributed by atoms with E-state index < -0.39 is 0 Å². The molecule has 0 unspecified atom stereocenters. The molecule has 2 saturated heterocycles. The maximum atomic E-state index is 12.9. The standard InChI is InChI=1S/C23H27N7O/c31-23(20-17-24-18-7-3-4-8-19(18)25-20)30-15-13-29(14-16-30)22-10-9-21(26-27-22)28-11-5-1-2-6-12-28/h3-4,7-10,17H,1-2,5-6,11-16H2. The molecule has 0 N–H and O–H groups in total. The molecule has 4 heterocycles. The van der Waals surface area contributed by atoms with Crippen LogP contribution in [0.2, 0.25) is 0 Å². The van der Waals surface area contributed by atoms with Crippen LogP contribution >= 0.6 is 0 Å². The Morgan fingerprint density at radius 1 is 0.710 bits per heavy atom. The van der Waals surface area contributed by atoms with Crippen LogP contribution in [0.25, 0.3) is 11.0 Å². The predicted octanol–water partition coefficient (Wildman–Crippen LogP) is 2.76. The summed E-state index contributed by atoms with van der Waals surface area (Å²) in [5, 5.41) is 8.96. The average molecular weight is 418 g/mol. The molecule has 0 spiro atoms. The van der Waals surface area contributed by atoms with Crippen LogP contribution in [-0.4, -0.2) is 70.2 Å². The summed E-state index contributed by atoms with van der Waals surface area (Å²) in [7, 11) is 0. The molecule has 8 nitrogen and oxygen atoms in total. The highest BCUT2D eigenvalue weighted by Gasteiger charge is 2.24. The number of anilines is 2. The first-order valence-electron chi connectivity index (χ1n) is 11.1. The van der Waals surface area contributed by atoms with Crippen molar-refractivity contribution in [3.63, 3.8) is 0 Å². The summed E-state index contributed by atoms with van der Waals surface area (Å²) in [6.45, 7) is 4.83. The van der Waals surface area contributed by atoms with Crippen molar-refractivity contribution in [3.05, 3.63) is 48.3 Å². The maximum absolute atomic E-state index is 12.9. The fourth-order valence-corrected chi connectivity index (χ4v) is 4.32. The van der Waals surface area contributed by atoms with E-state index in [4.69, 9.17) is 0 Å². The van der Waals surface area contributed by atoms with Gasteiger partial charge in [-0.05, 0) is 37.1 Å². The first kappa shape index (κ1) is 19.7. The van der Waals surface area contributed by atoms with Crippen molar-refractivity contribution in [2.75, 3.05) is 49.1 Å². The van der Waals surface area contributed by atoms with E-state index in [1.54, 1.807) is 6.20 Å². The van der Waals surface area contributed by atoms with E-state index in [-0.39, 0.29) is 5.91 Å². The van der Waals surface area contributed by atoms with Crippen molar-refractivity contribution in [3.8, 4) is 0 Å².